The van der Waals surface area contributed by atoms with Crippen molar-refractivity contribution in [1.29, 1.82) is 0 Å². The van der Waals surface area contributed by atoms with Gasteiger partial charge in [-0.1, -0.05) is 18.2 Å². The van der Waals surface area contributed by atoms with Gasteiger partial charge in [0.2, 0.25) is 5.91 Å². The maximum Gasteiger partial charge on any atom is 0.416 e. The van der Waals surface area contributed by atoms with Gasteiger partial charge in [-0.3, -0.25) is 9.20 Å². The van der Waals surface area contributed by atoms with Gasteiger partial charge in [-0.15, -0.1) is 11.3 Å². The van der Waals surface area contributed by atoms with E-state index in [2.05, 4.69) is 4.98 Å². The molecule has 0 unspecified atom stereocenters. The third-order valence-corrected chi connectivity index (χ3v) is 4.40. The quantitative estimate of drug-likeness (QED) is 0.719. The standard InChI is InChI=1S/C16H14F3N3OS/c1-21(9-11-4-2-3-5-13(11)16(17,18)19)14(23)8-12-10-22-6-7-24-15(22)20-12/h2-7,10H,8-9H2,1H3. The fraction of sp³-hybridized carbons (Fsp3) is 0.250. The third-order valence-electron chi connectivity index (χ3n) is 3.63. The first-order chi connectivity index (χ1) is 11.3. The predicted molar refractivity (Wildman–Crippen MR) is 84.7 cm³/mol. The first kappa shape index (κ1) is 16.5. The fourth-order valence-corrected chi connectivity index (χ4v) is 3.15. The Bertz CT molecular complexity index is 840. The first-order valence-electron chi connectivity index (χ1n) is 7.15. The second kappa shape index (κ2) is 6.27. The molecular formula is C16H14F3N3OS. The minimum Gasteiger partial charge on any atom is -0.341 e. The number of likely N-dealkylation sites (N-methyl/N-ethyl adjacent to an activating group) is 1. The number of rotatable bonds is 4. The summed E-state index contributed by atoms with van der Waals surface area (Å²) < 4.78 is 40.9. The lowest BCUT2D eigenvalue weighted by atomic mass is 10.1. The van der Waals surface area contributed by atoms with Crippen LogP contribution in [-0.4, -0.2) is 27.2 Å². The van der Waals surface area contributed by atoms with Crippen LogP contribution >= 0.6 is 11.3 Å². The summed E-state index contributed by atoms with van der Waals surface area (Å²) >= 11 is 1.45. The highest BCUT2D eigenvalue weighted by atomic mass is 32.1. The maximum absolute atomic E-state index is 13.0. The highest BCUT2D eigenvalue weighted by Crippen LogP contribution is 2.32. The lowest BCUT2D eigenvalue weighted by Gasteiger charge is -2.20. The van der Waals surface area contributed by atoms with Crippen LogP contribution in [0.15, 0.2) is 42.0 Å². The van der Waals surface area contributed by atoms with Crippen LogP contribution in [0.25, 0.3) is 4.96 Å². The zero-order valence-electron chi connectivity index (χ0n) is 12.7. The minimum atomic E-state index is -4.44. The van der Waals surface area contributed by atoms with E-state index in [1.165, 1.54) is 41.5 Å². The molecule has 2 heterocycles. The highest BCUT2D eigenvalue weighted by molar-refractivity contribution is 7.15. The van der Waals surface area contributed by atoms with Crippen LogP contribution in [0.1, 0.15) is 16.8 Å². The molecule has 0 aliphatic carbocycles. The van der Waals surface area contributed by atoms with Gasteiger partial charge >= 0.3 is 6.18 Å². The highest BCUT2D eigenvalue weighted by Gasteiger charge is 2.33. The minimum absolute atomic E-state index is 0.0546. The molecule has 0 bridgehead atoms. The Kier molecular flexibility index (Phi) is 4.31. The van der Waals surface area contributed by atoms with E-state index in [-0.39, 0.29) is 24.4 Å². The summed E-state index contributed by atoms with van der Waals surface area (Å²) in [6, 6.07) is 5.29. The van der Waals surface area contributed by atoms with Crippen LogP contribution in [0.2, 0.25) is 0 Å². The number of hydrogen-bond donors (Lipinski definition) is 0. The van der Waals surface area contributed by atoms with Gasteiger partial charge in [0.15, 0.2) is 4.96 Å². The zero-order chi connectivity index (χ0) is 17.3. The lowest BCUT2D eigenvalue weighted by Crippen LogP contribution is -2.29. The van der Waals surface area contributed by atoms with Crippen LogP contribution in [0.4, 0.5) is 13.2 Å². The number of halogens is 3. The van der Waals surface area contributed by atoms with E-state index in [0.717, 1.165) is 11.0 Å². The largest absolute Gasteiger partial charge is 0.416 e. The lowest BCUT2D eigenvalue weighted by molar-refractivity contribution is -0.139. The van der Waals surface area contributed by atoms with Crippen LogP contribution in [0.5, 0.6) is 0 Å². The molecule has 1 aromatic carbocycles. The molecular weight excluding hydrogens is 339 g/mol. The van der Waals surface area contributed by atoms with Crippen LogP contribution in [0, 0.1) is 0 Å². The van der Waals surface area contributed by atoms with Crippen molar-refractivity contribution < 1.29 is 18.0 Å². The van der Waals surface area contributed by atoms with Crippen molar-refractivity contribution in [2.45, 2.75) is 19.1 Å². The van der Waals surface area contributed by atoms with Crippen molar-refractivity contribution >= 4 is 22.2 Å². The SMILES string of the molecule is CN(Cc1ccccc1C(F)(F)F)C(=O)Cc1cn2ccsc2n1. The predicted octanol–water partition coefficient (Wildman–Crippen LogP) is 3.62. The van der Waals surface area contributed by atoms with Crippen LogP contribution in [0.3, 0.4) is 0 Å². The van der Waals surface area contributed by atoms with Gasteiger partial charge in [0.25, 0.3) is 0 Å². The normalized spacial score (nSPS) is 11.8. The molecule has 1 amide bonds. The van der Waals surface area contributed by atoms with E-state index in [4.69, 9.17) is 0 Å². The number of aromatic nitrogens is 2. The van der Waals surface area contributed by atoms with Gasteiger partial charge in [0.1, 0.15) is 0 Å². The van der Waals surface area contributed by atoms with Crippen LogP contribution in [-0.2, 0) is 23.9 Å². The topological polar surface area (TPSA) is 37.6 Å². The Morgan fingerprint density at radius 1 is 1.33 bits per heavy atom. The van der Waals surface area contributed by atoms with Crippen molar-refractivity contribution in [3.63, 3.8) is 0 Å². The van der Waals surface area contributed by atoms with Crippen molar-refractivity contribution in [3.05, 3.63) is 58.9 Å². The van der Waals surface area contributed by atoms with Crippen molar-refractivity contribution in [2.75, 3.05) is 7.05 Å². The molecule has 2 aromatic heterocycles. The summed E-state index contributed by atoms with van der Waals surface area (Å²) in [6.45, 7) is -0.100. The van der Waals surface area contributed by atoms with Gasteiger partial charge in [-0.05, 0) is 11.6 Å². The summed E-state index contributed by atoms with van der Waals surface area (Å²) in [6.07, 6.45) is -0.792. The van der Waals surface area contributed by atoms with Crippen molar-refractivity contribution in [3.8, 4) is 0 Å². The van der Waals surface area contributed by atoms with Gasteiger partial charge < -0.3 is 4.90 Å². The Morgan fingerprint density at radius 2 is 2.08 bits per heavy atom. The van der Waals surface area contributed by atoms with E-state index in [9.17, 15) is 18.0 Å². The molecule has 3 rings (SSSR count). The summed E-state index contributed by atoms with van der Waals surface area (Å²) in [4.78, 5) is 18.7. The number of hydrogen-bond acceptors (Lipinski definition) is 3. The number of imidazole rings is 1. The molecule has 0 aliphatic heterocycles. The summed E-state index contributed by atoms with van der Waals surface area (Å²) in [5, 5.41) is 1.88. The van der Waals surface area contributed by atoms with Gasteiger partial charge in [0, 0.05) is 31.4 Å². The molecule has 126 valence electrons. The second-order valence-electron chi connectivity index (χ2n) is 5.41. The summed E-state index contributed by atoms with van der Waals surface area (Å²) in [7, 11) is 1.49. The fourth-order valence-electron chi connectivity index (χ4n) is 2.43. The number of fused-ring (bicyclic) bond motifs is 1. The van der Waals surface area contributed by atoms with Gasteiger partial charge in [-0.25, -0.2) is 4.98 Å². The molecule has 0 N–H and O–H groups in total. The number of amides is 1. The van der Waals surface area contributed by atoms with E-state index in [1.807, 2.05) is 16.0 Å². The molecule has 0 saturated carbocycles. The van der Waals surface area contributed by atoms with E-state index in [0.29, 0.717) is 5.69 Å². The maximum atomic E-state index is 13.0. The van der Waals surface area contributed by atoms with E-state index < -0.39 is 11.7 Å². The van der Waals surface area contributed by atoms with Crippen molar-refractivity contribution in [2.24, 2.45) is 0 Å². The number of benzene rings is 1. The van der Waals surface area contributed by atoms with E-state index >= 15 is 0 Å². The Labute approximate surface area is 140 Å². The first-order valence-corrected chi connectivity index (χ1v) is 8.02. The molecule has 0 fully saturated rings. The summed E-state index contributed by atoms with van der Waals surface area (Å²) in [5.74, 6) is -0.280. The number of carbonyl (C=O) groups excluding carboxylic acids is 1. The smallest absolute Gasteiger partial charge is 0.341 e. The van der Waals surface area contributed by atoms with Crippen molar-refractivity contribution in [1.82, 2.24) is 14.3 Å². The summed E-state index contributed by atoms with van der Waals surface area (Å²) in [5.41, 5.74) is -0.0402. The third kappa shape index (κ3) is 3.43. The Morgan fingerprint density at radius 3 is 2.79 bits per heavy atom. The molecule has 0 spiro atoms. The molecule has 4 nitrogen and oxygen atoms in total. The van der Waals surface area contributed by atoms with Gasteiger partial charge in [-0.2, -0.15) is 13.2 Å². The zero-order valence-corrected chi connectivity index (χ0v) is 13.6. The molecule has 3 aromatic rings. The number of thiazole rings is 1. The van der Waals surface area contributed by atoms with Crippen LogP contribution < -0.4 is 0 Å². The Balaban J connectivity index is 1.71. The molecule has 0 radical (unpaired) electrons. The number of nitrogens with zero attached hydrogens (tertiary/aromatic N) is 3. The average Bonchev–Trinajstić information content (AvgIpc) is 3.07. The molecule has 0 atom stereocenters. The number of alkyl halides is 3. The van der Waals surface area contributed by atoms with Gasteiger partial charge in [0.05, 0.1) is 17.7 Å². The average molecular weight is 353 g/mol. The molecule has 0 saturated heterocycles. The van der Waals surface area contributed by atoms with E-state index in [1.54, 1.807) is 6.20 Å². The molecule has 8 heteroatoms. The molecule has 24 heavy (non-hydrogen) atoms. The number of carbonyl (C=O) groups is 1. The monoisotopic (exact) mass is 353 g/mol. The Hall–Kier alpha value is -2.35. The second-order valence-corrected chi connectivity index (χ2v) is 6.28. The molecule has 0 aliphatic rings.